The number of carbonyl (C=O) groups is 1. The minimum Gasteiger partial charge on any atom is -0.309 e. The second-order valence-corrected chi connectivity index (χ2v) is 5.03. The lowest BCUT2D eigenvalue weighted by Crippen LogP contribution is -2.10. The predicted octanol–water partition coefficient (Wildman–Crippen LogP) is 3.34. The number of nitrogens with zero attached hydrogens (tertiary/aromatic N) is 3. The standard InChI is InChI=1S/C16H18N4O/c1-3-9-20-16-12(15(19-20)18-14(21)4-2)10-11-7-5-6-8-13(11)17-16/h5-8,10H,3-4,9H2,1-2H3,(H,18,19,21). The van der Waals surface area contributed by atoms with Crippen LogP contribution in [0.2, 0.25) is 0 Å². The van der Waals surface area contributed by atoms with Gasteiger partial charge in [-0.1, -0.05) is 32.0 Å². The lowest BCUT2D eigenvalue weighted by Gasteiger charge is -2.01. The van der Waals surface area contributed by atoms with Gasteiger partial charge in [-0.3, -0.25) is 4.79 Å². The number of carbonyl (C=O) groups excluding carboxylic acids is 1. The maximum atomic E-state index is 11.7. The van der Waals surface area contributed by atoms with Gasteiger partial charge in [-0.25, -0.2) is 9.67 Å². The van der Waals surface area contributed by atoms with E-state index in [4.69, 9.17) is 4.98 Å². The SMILES string of the molecule is CCCn1nc(NC(=O)CC)c2cc3ccccc3nc21. The minimum absolute atomic E-state index is 0.0359. The van der Waals surface area contributed by atoms with Gasteiger partial charge < -0.3 is 5.32 Å². The highest BCUT2D eigenvalue weighted by atomic mass is 16.1. The first kappa shape index (κ1) is 13.5. The summed E-state index contributed by atoms with van der Waals surface area (Å²) in [5.74, 6) is 0.565. The molecule has 0 aliphatic carbocycles. The van der Waals surface area contributed by atoms with Crippen LogP contribution in [0.3, 0.4) is 0 Å². The maximum Gasteiger partial charge on any atom is 0.225 e. The van der Waals surface area contributed by atoms with Crippen molar-refractivity contribution in [2.45, 2.75) is 33.2 Å². The van der Waals surface area contributed by atoms with E-state index in [0.29, 0.717) is 12.2 Å². The van der Waals surface area contributed by atoms with Gasteiger partial charge in [-0.15, -0.1) is 0 Å². The molecule has 1 N–H and O–H groups in total. The molecule has 3 rings (SSSR count). The molecule has 5 nitrogen and oxygen atoms in total. The van der Waals surface area contributed by atoms with Gasteiger partial charge in [0, 0.05) is 18.4 Å². The van der Waals surface area contributed by atoms with E-state index in [1.165, 1.54) is 0 Å². The van der Waals surface area contributed by atoms with Crippen LogP contribution in [0, 0.1) is 0 Å². The molecule has 2 aromatic heterocycles. The van der Waals surface area contributed by atoms with E-state index < -0.39 is 0 Å². The van der Waals surface area contributed by atoms with E-state index in [-0.39, 0.29) is 5.91 Å². The Bertz CT molecular complexity index is 806. The van der Waals surface area contributed by atoms with E-state index in [1.807, 2.05) is 41.9 Å². The fourth-order valence-electron chi connectivity index (χ4n) is 2.38. The first-order valence-corrected chi connectivity index (χ1v) is 7.29. The third-order valence-corrected chi connectivity index (χ3v) is 3.44. The Hall–Kier alpha value is -2.43. The van der Waals surface area contributed by atoms with Crippen LogP contribution in [0.5, 0.6) is 0 Å². The number of aryl methyl sites for hydroxylation is 1. The molecule has 0 fully saturated rings. The van der Waals surface area contributed by atoms with Crippen LogP contribution in [0.15, 0.2) is 30.3 Å². The normalized spacial score (nSPS) is 11.1. The zero-order valence-corrected chi connectivity index (χ0v) is 12.3. The fraction of sp³-hybridized carbons (Fsp3) is 0.312. The van der Waals surface area contributed by atoms with Crippen molar-refractivity contribution in [2.24, 2.45) is 0 Å². The Morgan fingerprint density at radius 1 is 1.29 bits per heavy atom. The number of benzene rings is 1. The number of aromatic nitrogens is 3. The van der Waals surface area contributed by atoms with Crippen LogP contribution in [-0.2, 0) is 11.3 Å². The summed E-state index contributed by atoms with van der Waals surface area (Å²) in [5, 5.41) is 9.32. The smallest absolute Gasteiger partial charge is 0.225 e. The Morgan fingerprint density at radius 2 is 2.10 bits per heavy atom. The number of hydrogen-bond donors (Lipinski definition) is 1. The van der Waals surface area contributed by atoms with Gasteiger partial charge in [0.25, 0.3) is 0 Å². The summed E-state index contributed by atoms with van der Waals surface area (Å²) in [7, 11) is 0. The van der Waals surface area contributed by atoms with Gasteiger partial charge in [-0.05, 0) is 18.6 Å². The lowest BCUT2D eigenvalue weighted by atomic mass is 10.2. The molecule has 2 heterocycles. The number of nitrogens with one attached hydrogen (secondary N) is 1. The highest BCUT2D eigenvalue weighted by Crippen LogP contribution is 2.26. The second kappa shape index (κ2) is 5.52. The zero-order chi connectivity index (χ0) is 14.8. The van der Waals surface area contributed by atoms with E-state index in [2.05, 4.69) is 17.3 Å². The van der Waals surface area contributed by atoms with E-state index >= 15 is 0 Å². The van der Waals surface area contributed by atoms with Gasteiger partial charge in [0.2, 0.25) is 5.91 Å². The van der Waals surface area contributed by atoms with E-state index in [9.17, 15) is 4.79 Å². The molecule has 3 aromatic rings. The van der Waals surface area contributed by atoms with Crippen molar-refractivity contribution < 1.29 is 4.79 Å². The topological polar surface area (TPSA) is 59.8 Å². The average Bonchev–Trinajstić information content (AvgIpc) is 2.82. The Labute approximate surface area is 123 Å². The molecular formula is C16H18N4O. The number of hydrogen-bond acceptors (Lipinski definition) is 3. The molecule has 1 aromatic carbocycles. The number of rotatable bonds is 4. The Balaban J connectivity index is 2.22. The first-order chi connectivity index (χ1) is 10.2. The molecule has 0 saturated heterocycles. The molecule has 0 radical (unpaired) electrons. The van der Waals surface area contributed by atoms with Crippen molar-refractivity contribution in [1.29, 1.82) is 0 Å². The van der Waals surface area contributed by atoms with Crippen molar-refractivity contribution in [3.05, 3.63) is 30.3 Å². The van der Waals surface area contributed by atoms with Crippen LogP contribution in [0.4, 0.5) is 5.82 Å². The highest BCUT2D eigenvalue weighted by molar-refractivity contribution is 6.02. The number of amides is 1. The van der Waals surface area contributed by atoms with Gasteiger partial charge in [-0.2, -0.15) is 5.10 Å². The summed E-state index contributed by atoms with van der Waals surface area (Å²) < 4.78 is 1.87. The number of para-hydroxylation sites is 1. The van der Waals surface area contributed by atoms with Gasteiger partial charge in [0.05, 0.1) is 10.9 Å². The summed E-state index contributed by atoms with van der Waals surface area (Å²) in [6.07, 6.45) is 1.40. The predicted molar refractivity (Wildman–Crippen MR) is 84.2 cm³/mol. The number of anilines is 1. The minimum atomic E-state index is -0.0359. The summed E-state index contributed by atoms with van der Waals surface area (Å²) in [5.41, 5.74) is 1.76. The molecule has 0 aliphatic rings. The van der Waals surface area contributed by atoms with Crippen molar-refractivity contribution >= 4 is 33.7 Å². The van der Waals surface area contributed by atoms with Gasteiger partial charge in [0.1, 0.15) is 0 Å². The molecule has 1 amide bonds. The van der Waals surface area contributed by atoms with Crippen molar-refractivity contribution in [3.63, 3.8) is 0 Å². The highest BCUT2D eigenvalue weighted by Gasteiger charge is 2.14. The molecule has 21 heavy (non-hydrogen) atoms. The lowest BCUT2D eigenvalue weighted by molar-refractivity contribution is -0.115. The van der Waals surface area contributed by atoms with Crippen LogP contribution in [0.1, 0.15) is 26.7 Å². The molecule has 0 saturated carbocycles. The Morgan fingerprint density at radius 3 is 2.86 bits per heavy atom. The molecule has 0 unspecified atom stereocenters. The first-order valence-electron chi connectivity index (χ1n) is 7.29. The van der Waals surface area contributed by atoms with Crippen molar-refractivity contribution in [1.82, 2.24) is 14.8 Å². The maximum absolute atomic E-state index is 11.7. The molecule has 0 bridgehead atoms. The number of pyridine rings is 1. The third-order valence-electron chi connectivity index (χ3n) is 3.44. The van der Waals surface area contributed by atoms with E-state index in [1.54, 1.807) is 0 Å². The van der Waals surface area contributed by atoms with Crippen LogP contribution in [0.25, 0.3) is 21.9 Å². The quantitative estimate of drug-likeness (QED) is 0.798. The van der Waals surface area contributed by atoms with E-state index in [0.717, 1.165) is 34.9 Å². The average molecular weight is 282 g/mol. The summed E-state index contributed by atoms with van der Waals surface area (Å²) in [6.45, 7) is 4.71. The van der Waals surface area contributed by atoms with Crippen molar-refractivity contribution in [3.8, 4) is 0 Å². The largest absolute Gasteiger partial charge is 0.309 e. The zero-order valence-electron chi connectivity index (χ0n) is 12.3. The third kappa shape index (κ3) is 2.46. The Kier molecular flexibility index (Phi) is 3.56. The number of fused-ring (bicyclic) bond motifs is 2. The summed E-state index contributed by atoms with van der Waals surface area (Å²) >= 11 is 0. The van der Waals surface area contributed by atoms with Gasteiger partial charge >= 0.3 is 0 Å². The molecule has 108 valence electrons. The molecule has 5 heteroatoms. The van der Waals surface area contributed by atoms with Crippen LogP contribution < -0.4 is 5.32 Å². The summed E-state index contributed by atoms with van der Waals surface area (Å²) in [6, 6.07) is 10.0. The van der Waals surface area contributed by atoms with Crippen molar-refractivity contribution in [2.75, 3.05) is 5.32 Å². The van der Waals surface area contributed by atoms with Gasteiger partial charge in [0.15, 0.2) is 11.5 Å². The second-order valence-electron chi connectivity index (χ2n) is 5.03. The summed E-state index contributed by atoms with van der Waals surface area (Å²) in [4.78, 5) is 16.4. The fourth-order valence-corrected chi connectivity index (χ4v) is 2.38. The van der Waals surface area contributed by atoms with Crippen LogP contribution in [-0.4, -0.2) is 20.7 Å². The molecule has 0 aliphatic heterocycles. The molecular weight excluding hydrogens is 264 g/mol. The molecule has 0 spiro atoms. The monoisotopic (exact) mass is 282 g/mol. The van der Waals surface area contributed by atoms with Crippen LogP contribution >= 0.6 is 0 Å². The molecule has 0 atom stereocenters.